The summed E-state index contributed by atoms with van der Waals surface area (Å²) in [5.74, 6) is 0. The molecule has 202 valence electrons. The third-order valence-corrected chi connectivity index (χ3v) is 16.9. The Kier molecular flexibility index (Phi) is 8.91. The summed E-state index contributed by atoms with van der Waals surface area (Å²) >= 11 is 0. The molecule has 0 aliphatic carbocycles. The molecule has 0 saturated carbocycles. The molecule has 11 heteroatoms. The van der Waals surface area contributed by atoms with Gasteiger partial charge in [-0.2, -0.15) is 0 Å². The van der Waals surface area contributed by atoms with E-state index in [0.717, 1.165) is 4.57 Å². The van der Waals surface area contributed by atoms with E-state index in [9.17, 15) is 19.8 Å². The second-order valence-electron chi connectivity index (χ2n) is 12.7. The first-order chi connectivity index (χ1) is 15.7. The molecule has 0 amide bonds. The second kappa shape index (κ2) is 10.3. The second-order valence-corrected chi connectivity index (χ2v) is 22.2. The van der Waals surface area contributed by atoms with Crippen molar-refractivity contribution < 1.29 is 23.8 Å². The van der Waals surface area contributed by atoms with Crippen molar-refractivity contribution in [2.24, 2.45) is 0 Å². The first kappa shape index (κ1) is 30.1. The smallest absolute Gasteiger partial charge is 0.333 e. The number of aromatic nitrogens is 2. The highest BCUT2D eigenvalue weighted by molar-refractivity contribution is 6.74. The highest BCUT2D eigenvalue weighted by Gasteiger charge is 2.51. The van der Waals surface area contributed by atoms with Crippen LogP contribution in [0.1, 0.15) is 53.3 Å². The Hall–Kier alpha value is -1.09. The van der Waals surface area contributed by atoms with Crippen molar-refractivity contribution in [3.05, 3.63) is 32.6 Å². The van der Waals surface area contributed by atoms with E-state index in [-0.39, 0.29) is 29.8 Å². The van der Waals surface area contributed by atoms with E-state index < -0.39 is 52.4 Å². The molecule has 0 bridgehead atoms. The van der Waals surface area contributed by atoms with Gasteiger partial charge in [0.25, 0.3) is 5.56 Å². The van der Waals surface area contributed by atoms with Crippen LogP contribution < -0.4 is 11.2 Å². The fraction of sp³-hybridized carbons (Fsp3) is 0.833. The summed E-state index contributed by atoms with van der Waals surface area (Å²) in [7, 11) is -4.43. The summed E-state index contributed by atoms with van der Waals surface area (Å²) in [6, 6.07) is 0. The number of aliphatic hydroxyl groups is 2. The number of rotatable bonds is 8. The van der Waals surface area contributed by atoms with Crippen molar-refractivity contribution in [1.29, 1.82) is 0 Å². The third-order valence-electron chi connectivity index (χ3n) is 7.93. The van der Waals surface area contributed by atoms with E-state index in [1.54, 1.807) is 6.92 Å². The molecule has 2 heterocycles. The minimum Gasteiger partial charge on any atom is -0.414 e. The van der Waals surface area contributed by atoms with Gasteiger partial charge in [-0.3, -0.25) is 13.9 Å². The van der Waals surface area contributed by atoms with E-state index in [2.05, 4.69) is 67.7 Å². The molecule has 0 radical (unpaired) electrons. The van der Waals surface area contributed by atoms with Crippen molar-refractivity contribution >= 4 is 16.6 Å². The van der Waals surface area contributed by atoms with Crippen LogP contribution >= 0.6 is 0 Å². The van der Waals surface area contributed by atoms with Crippen molar-refractivity contribution in [2.45, 2.75) is 116 Å². The standard InChI is InChI=1S/C24H46N2O7Si2/c1-16-14-26(22(30)25(12-13-27)20(16)29)21-18(28)19(33-35(10,11)24(5,6)7)17(32-21)15-31-34(8,9)23(2,3)4/h14,17-19,21,27-28H,12-13,15H2,1-11H3/t17-,18-,19-,21-/m1/s1. The van der Waals surface area contributed by atoms with Crippen LogP contribution in [0.25, 0.3) is 0 Å². The zero-order valence-electron chi connectivity index (χ0n) is 23.3. The lowest BCUT2D eigenvalue weighted by Gasteiger charge is -2.41. The number of nitrogens with zero attached hydrogens (tertiary/aromatic N) is 2. The summed E-state index contributed by atoms with van der Waals surface area (Å²) < 4.78 is 21.6. The van der Waals surface area contributed by atoms with Gasteiger partial charge in [0.05, 0.1) is 19.8 Å². The fourth-order valence-corrected chi connectivity index (χ4v) is 5.83. The monoisotopic (exact) mass is 530 g/mol. The van der Waals surface area contributed by atoms with Crippen LogP contribution in [0.2, 0.25) is 36.3 Å². The highest BCUT2D eigenvalue weighted by Crippen LogP contribution is 2.42. The Morgan fingerprint density at radius 3 is 2.06 bits per heavy atom. The third kappa shape index (κ3) is 6.25. The van der Waals surface area contributed by atoms with Crippen LogP contribution in [-0.4, -0.2) is 67.5 Å². The van der Waals surface area contributed by atoms with Gasteiger partial charge in [-0.25, -0.2) is 4.79 Å². The maximum Gasteiger partial charge on any atom is 0.333 e. The number of hydrogen-bond donors (Lipinski definition) is 2. The maximum atomic E-state index is 13.1. The molecule has 1 aliphatic rings. The molecule has 2 N–H and O–H groups in total. The van der Waals surface area contributed by atoms with Crippen LogP contribution in [-0.2, 0) is 20.1 Å². The highest BCUT2D eigenvalue weighted by atomic mass is 28.4. The zero-order valence-corrected chi connectivity index (χ0v) is 25.3. The van der Waals surface area contributed by atoms with Gasteiger partial charge in [0, 0.05) is 11.8 Å². The minimum absolute atomic E-state index is 0.00670. The molecular formula is C24H46N2O7Si2. The SMILES string of the molecule is Cc1cn([C@@H]2O[C@H](CO[Si](C)(C)C(C)(C)C)[C@@H](O[Si](C)(C)C(C)(C)C)[C@H]2O)c(=O)n(CCO)c1=O. The molecular weight excluding hydrogens is 484 g/mol. The lowest BCUT2D eigenvalue weighted by Crippen LogP contribution is -2.51. The Morgan fingerprint density at radius 2 is 1.57 bits per heavy atom. The van der Waals surface area contributed by atoms with E-state index in [4.69, 9.17) is 13.6 Å². The van der Waals surface area contributed by atoms with Crippen molar-refractivity contribution in [2.75, 3.05) is 13.2 Å². The molecule has 1 aromatic heterocycles. The normalized spacial score (nSPS) is 24.3. The number of ether oxygens (including phenoxy) is 1. The molecule has 1 aliphatic heterocycles. The zero-order chi connectivity index (χ0) is 27.1. The largest absolute Gasteiger partial charge is 0.414 e. The predicted octanol–water partition coefficient (Wildman–Crippen LogP) is 2.98. The van der Waals surface area contributed by atoms with Gasteiger partial charge in [-0.05, 0) is 43.2 Å². The molecule has 9 nitrogen and oxygen atoms in total. The topological polar surface area (TPSA) is 112 Å². The molecule has 2 rings (SSSR count). The summed E-state index contributed by atoms with van der Waals surface area (Å²) in [6.45, 7) is 22.7. The van der Waals surface area contributed by atoms with Crippen molar-refractivity contribution in [3.63, 3.8) is 0 Å². The summed E-state index contributed by atoms with van der Waals surface area (Å²) in [6.07, 6.45) is -2.07. The average Bonchev–Trinajstić information content (AvgIpc) is 3.00. The first-order valence-electron chi connectivity index (χ1n) is 12.3. The van der Waals surface area contributed by atoms with Crippen LogP contribution in [0.15, 0.2) is 15.8 Å². The van der Waals surface area contributed by atoms with E-state index >= 15 is 0 Å². The van der Waals surface area contributed by atoms with E-state index in [1.165, 1.54) is 10.8 Å². The van der Waals surface area contributed by atoms with Crippen LogP contribution in [0.5, 0.6) is 0 Å². The molecule has 35 heavy (non-hydrogen) atoms. The Labute approximate surface area is 211 Å². The van der Waals surface area contributed by atoms with Gasteiger partial charge in [0.1, 0.15) is 18.3 Å². The van der Waals surface area contributed by atoms with Gasteiger partial charge in [-0.1, -0.05) is 41.5 Å². The van der Waals surface area contributed by atoms with Crippen LogP contribution in [0.3, 0.4) is 0 Å². The average molecular weight is 531 g/mol. The molecule has 1 saturated heterocycles. The van der Waals surface area contributed by atoms with Gasteiger partial charge in [-0.15, -0.1) is 0 Å². The molecule has 1 aromatic rings. The minimum atomic E-state index is -2.31. The molecule has 0 unspecified atom stereocenters. The molecule has 1 fully saturated rings. The lowest BCUT2D eigenvalue weighted by atomic mass is 10.1. The fourth-order valence-electron chi connectivity index (χ4n) is 3.49. The number of aliphatic hydroxyl groups excluding tert-OH is 2. The van der Waals surface area contributed by atoms with Gasteiger partial charge < -0.3 is 23.8 Å². The Bertz CT molecular complexity index is 1010. The maximum absolute atomic E-state index is 13.1. The molecule has 4 atom stereocenters. The first-order valence-corrected chi connectivity index (χ1v) is 18.2. The predicted molar refractivity (Wildman–Crippen MR) is 142 cm³/mol. The Morgan fingerprint density at radius 1 is 1.03 bits per heavy atom. The van der Waals surface area contributed by atoms with E-state index in [0.29, 0.717) is 5.56 Å². The van der Waals surface area contributed by atoms with Crippen molar-refractivity contribution in [1.82, 2.24) is 9.13 Å². The van der Waals surface area contributed by atoms with Crippen LogP contribution in [0, 0.1) is 6.92 Å². The van der Waals surface area contributed by atoms with Gasteiger partial charge >= 0.3 is 5.69 Å². The summed E-state index contributed by atoms with van der Waals surface area (Å²) in [5, 5.41) is 20.7. The van der Waals surface area contributed by atoms with Crippen molar-refractivity contribution in [3.8, 4) is 0 Å². The number of aryl methyl sites for hydroxylation is 1. The molecule has 0 spiro atoms. The van der Waals surface area contributed by atoms with Gasteiger partial charge in [0.15, 0.2) is 22.9 Å². The summed E-state index contributed by atoms with van der Waals surface area (Å²) in [5.41, 5.74) is -0.799. The lowest BCUT2D eigenvalue weighted by molar-refractivity contribution is -0.0536. The van der Waals surface area contributed by atoms with Crippen LogP contribution in [0.4, 0.5) is 0 Å². The Balaban J connectivity index is 2.50. The van der Waals surface area contributed by atoms with E-state index in [1.807, 2.05) is 0 Å². The van der Waals surface area contributed by atoms with Gasteiger partial charge in [0.2, 0.25) is 0 Å². The molecule has 0 aromatic carbocycles. The number of hydrogen-bond acceptors (Lipinski definition) is 7. The quantitative estimate of drug-likeness (QED) is 0.497. The summed E-state index contributed by atoms with van der Waals surface area (Å²) in [4.78, 5) is 25.6.